The van der Waals surface area contributed by atoms with E-state index in [0.717, 1.165) is 0 Å². The van der Waals surface area contributed by atoms with Crippen molar-refractivity contribution in [2.75, 3.05) is 11.9 Å². The lowest BCUT2D eigenvalue weighted by Gasteiger charge is -2.28. The molecule has 0 aliphatic carbocycles. The fraction of sp³-hybridized carbons (Fsp3) is 0.375. The molecule has 5 nitrogen and oxygen atoms in total. The summed E-state index contributed by atoms with van der Waals surface area (Å²) in [5.74, 6) is -0.626. The second kappa shape index (κ2) is 6.70. The van der Waals surface area contributed by atoms with Crippen LogP contribution in [0, 0.1) is 11.2 Å². The molecule has 1 aromatic heterocycles. The molecule has 0 aliphatic rings. The van der Waals surface area contributed by atoms with Crippen molar-refractivity contribution in [3.8, 4) is 5.69 Å². The lowest BCUT2D eigenvalue weighted by molar-refractivity contribution is -0.125. The van der Waals surface area contributed by atoms with Crippen LogP contribution in [0.4, 0.5) is 10.1 Å². The van der Waals surface area contributed by atoms with E-state index in [9.17, 15) is 9.18 Å². The Kier molecular flexibility index (Phi) is 4.92. The van der Waals surface area contributed by atoms with E-state index in [0.29, 0.717) is 24.2 Å². The van der Waals surface area contributed by atoms with Crippen molar-refractivity contribution < 1.29 is 9.18 Å². The fourth-order valence-corrected chi connectivity index (χ4v) is 2.40. The summed E-state index contributed by atoms with van der Waals surface area (Å²) in [6.45, 7) is 4.12. The largest absolute Gasteiger partial charge is 0.329 e. The monoisotopic (exact) mass is 304 g/mol. The van der Waals surface area contributed by atoms with Gasteiger partial charge in [0, 0.05) is 24.6 Å². The molecule has 0 aliphatic heterocycles. The quantitative estimate of drug-likeness (QED) is 0.862. The highest BCUT2D eigenvalue weighted by Crippen LogP contribution is 2.27. The van der Waals surface area contributed by atoms with Crippen molar-refractivity contribution in [1.82, 2.24) is 9.78 Å². The zero-order chi connectivity index (χ0) is 16.2. The minimum atomic E-state index is -0.614. The Morgan fingerprint density at radius 3 is 2.64 bits per heavy atom. The predicted octanol–water partition coefficient (Wildman–Crippen LogP) is 2.72. The first-order valence-electron chi connectivity index (χ1n) is 7.37. The van der Waals surface area contributed by atoms with E-state index in [4.69, 9.17) is 5.73 Å². The smallest absolute Gasteiger partial charge is 0.231 e. The van der Waals surface area contributed by atoms with Crippen molar-refractivity contribution in [1.29, 1.82) is 0 Å². The van der Waals surface area contributed by atoms with Gasteiger partial charge in [0.2, 0.25) is 5.91 Å². The lowest BCUT2D eigenvalue weighted by Crippen LogP contribution is -2.41. The highest BCUT2D eigenvalue weighted by atomic mass is 19.1. The Balaban J connectivity index is 2.21. The predicted molar refractivity (Wildman–Crippen MR) is 84.2 cm³/mol. The number of anilines is 1. The number of carbonyl (C=O) groups is 1. The molecule has 1 amide bonds. The molecular weight excluding hydrogens is 283 g/mol. The van der Waals surface area contributed by atoms with Crippen molar-refractivity contribution >= 4 is 11.6 Å². The van der Waals surface area contributed by atoms with E-state index in [1.54, 1.807) is 30.6 Å². The molecule has 0 saturated carbocycles. The van der Waals surface area contributed by atoms with Gasteiger partial charge in [-0.15, -0.1) is 0 Å². The molecule has 6 heteroatoms. The van der Waals surface area contributed by atoms with Crippen LogP contribution in [0.2, 0.25) is 0 Å². The fourth-order valence-electron chi connectivity index (χ4n) is 2.40. The third-order valence-electron chi connectivity index (χ3n) is 4.18. The molecule has 22 heavy (non-hydrogen) atoms. The summed E-state index contributed by atoms with van der Waals surface area (Å²) in [4.78, 5) is 12.4. The SMILES string of the molecule is CCC(CC)(CN)C(=O)Nc1ccc(-n2cccn2)c(F)c1. The first-order chi connectivity index (χ1) is 10.6. The topological polar surface area (TPSA) is 72.9 Å². The molecule has 0 unspecified atom stereocenters. The minimum Gasteiger partial charge on any atom is -0.329 e. The number of amides is 1. The molecule has 0 spiro atoms. The van der Waals surface area contributed by atoms with Crippen molar-refractivity contribution in [2.45, 2.75) is 26.7 Å². The molecule has 0 radical (unpaired) electrons. The number of hydrogen-bond donors (Lipinski definition) is 2. The van der Waals surface area contributed by atoms with Gasteiger partial charge >= 0.3 is 0 Å². The Labute approximate surface area is 129 Å². The molecule has 2 rings (SSSR count). The third-order valence-corrected chi connectivity index (χ3v) is 4.18. The zero-order valence-electron chi connectivity index (χ0n) is 12.8. The van der Waals surface area contributed by atoms with Gasteiger partial charge in [-0.05, 0) is 37.1 Å². The van der Waals surface area contributed by atoms with Crippen LogP contribution in [0.3, 0.4) is 0 Å². The first kappa shape index (κ1) is 16.2. The van der Waals surface area contributed by atoms with E-state index in [1.807, 2.05) is 13.8 Å². The summed E-state index contributed by atoms with van der Waals surface area (Å²) in [5, 5.41) is 6.75. The number of nitrogens with one attached hydrogen (secondary N) is 1. The number of halogens is 1. The van der Waals surface area contributed by atoms with Gasteiger partial charge in [0.05, 0.1) is 5.41 Å². The third kappa shape index (κ3) is 3.01. The summed E-state index contributed by atoms with van der Waals surface area (Å²) < 4.78 is 15.6. The number of aromatic nitrogens is 2. The van der Waals surface area contributed by atoms with Gasteiger partial charge in [-0.25, -0.2) is 9.07 Å². The Hall–Kier alpha value is -2.21. The summed E-state index contributed by atoms with van der Waals surface area (Å²) in [6, 6.07) is 6.25. The molecule has 2 aromatic rings. The van der Waals surface area contributed by atoms with Crippen LogP contribution in [0.1, 0.15) is 26.7 Å². The van der Waals surface area contributed by atoms with Crippen molar-refractivity contribution in [3.05, 3.63) is 42.5 Å². The Morgan fingerprint density at radius 1 is 1.41 bits per heavy atom. The standard InChI is InChI=1S/C16H21FN4O/c1-3-16(4-2,11-18)15(22)20-12-6-7-14(13(17)10-12)21-9-5-8-19-21/h5-10H,3-4,11,18H2,1-2H3,(H,20,22). The van der Waals surface area contributed by atoms with E-state index < -0.39 is 11.2 Å². The number of carbonyl (C=O) groups excluding carboxylic acids is 1. The summed E-state index contributed by atoms with van der Waals surface area (Å²) in [7, 11) is 0. The van der Waals surface area contributed by atoms with Gasteiger partial charge in [0.15, 0.2) is 5.82 Å². The molecule has 0 fully saturated rings. The van der Waals surface area contributed by atoms with Gasteiger partial charge in [0.1, 0.15) is 5.69 Å². The Morgan fingerprint density at radius 2 is 2.14 bits per heavy atom. The number of nitrogens with zero attached hydrogens (tertiary/aromatic N) is 2. The van der Waals surface area contributed by atoms with Gasteiger partial charge in [-0.2, -0.15) is 5.10 Å². The van der Waals surface area contributed by atoms with Gasteiger partial charge in [-0.1, -0.05) is 13.8 Å². The number of rotatable bonds is 6. The van der Waals surface area contributed by atoms with Crippen LogP contribution >= 0.6 is 0 Å². The van der Waals surface area contributed by atoms with Gasteiger partial charge < -0.3 is 11.1 Å². The van der Waals surface area contributed by atoms with E-state index in [-0.39, 0.29) is 12.5 Å². The maximum absolute atomic E-state index is 14.2. The molecule has 3 N–H and O–H groups in total. The molecular formula is C16H21FN4O. The number of nitrogens with two attached hydrogens (primary N) is 1. The maximum atomic E-state index is 14.2. The highest BCUT2D eigenvalue weighted by Gasteiger charge is 2.33. The van der Waals surface area contributed by atoms with Crippen LogP contribution in [0.15, 0.2) is 36.7 Å². The second-order valence-corrected chi connectivity index (χ2v) is 5.26. The summed E-state index contributed by atoms with van der Waals surface area (Å²) in [6.07, 6.45) is 4.51. The molecule has 1 aromatic carbocycles. The average Bonchev–Trinajstić information content (AvgIpc) is 3.04. The summed E-state index contributed by atoms with van der Waals surface area (Å²) in [5.41, 5.74) is 5.89. The summed E-state index contributed by atoms with van der Waals surface area (Å²) >= 11 is 0. The molecule has 118 valence electrons. The van der Waals surface area contributed by atoms with E-state index in [2.05, 4.69) is 10.4 Å². The molecule has 0 bridgehead atoms. The normalized spacial score (nSPS) is 11.5. The highest BCUT2D eigenvalue weighted by molar-refractivity contribution is 5.95. The average molecular weight is 304 g/mol. The minimum absolute atomic E-state index is 0.175. The van der Waals surface area contributed by atoms with Gasteiger partial charge in [-0.3, -0.25) is 4.79 Å². The number of hydrogen-bond acceptors (Lipinski definition) is 3. The van der Waals surface area contributed by atoms with E-state index in [1.165, 1.54) is 10.7 Å². The second-order valence-electron chi connectivity index (χ2n) is 5.26. The van der Waals surface area contributed by atoms with Gasteiger partial charge in [0.25, 0.3) is 0 Å². The van der Waals surface area contributed by atoms with Crippen LogP contribution in [-0.2, 0) is 4.79 Å². The zero-order valence-corrected chi connectivity index (χ0v) is 12.8. The first-order valence-corrected chi connectivity index (χ1v) is 7.37. The van der Waals surface area contributed by atoms with Crippen molar-refractivity contribution in [2.24, 2.45) is 11.1 Å². The molecule has 0 saturated heterocycles. The van der Waals surface area contributed by atoms with Crippen LogP contribution in [0.25, 0.3) is 5.69 Å². The van der Waals surface area contributed by atoms with Crippen LogP contribution < -0.4 is 11.1 Å². The van der Waals surface area contributed by atoms with Crippen LogP contribution in [0.5, 0.6) is 0 Å². The van der Waals surface area contributed by atoms with E-state index >= 15 is 0 Å². The molecule has 0 atom stereocenters. The van der Waals surface area contributed by atoms with Crippen molar-refractivity contribution in [3.63, 3.8) is 0 Å². The number of benzene rings is 1. The maximum Gasteiger partial charge on any atom is 0.231 e. The Bertz CT molecular complexity index is 627. The lowest BCUT2D eigenvalue weighted by atomic mass is 9.81. The van der Waals surface area contributed by atoms with Crippen LogP contribution in [-0.4, -0.2) is 22.2 Å². The molecule has 1 heterocycles.